The second-order valence-corrected chi connectivity index (χ2v) is 5.63. The molecular formula is C13H17ClN4. The molecule has 0 saturated carbocycles. The van der Waals surface area contributed by atoms with E-state index in [0.29, 0.717) is 5.02 Å². The normalized spacial score (nSPS) is 11.8. The Hall–Kier alpha value is -1.39. The van der Waals surface area contributed by atoms with E-state index in [1.807, 2.05) is 12.1 Å². The number of hydrogen-bond acceptors (Lipinski definition) is 3. The summed E-state index contributed by atoms with van der Waals surface area (Å²) in [5, 5.41) is 8.23. The van der Waals surface area contributed by atoms with Crippen molar-refractivity contribution in [2.24, 2.45) is 0 Å². The van der Waals surface area contributed by atoms with E-state index < -0.39 is 0 Å². The molecule has 4 nitrogen and oxygen atoms in total. The Morgan fingerprint density at radius 2 is 2.17 bits per heavy atom. The average Bonchev–Trinajstić information content (AvgIpc) is 2.72. The van der Waals surface area contributed by atoms with Crippen LogP contribution in [0.4, 0.5) is 0 Å². The van der Waals surface area contributed by atoms with Crippen molar-refractivity contribution in [2.45, 2.75) is 32.9 Å². The zero-order valence-electron chi connectivity index (χ0n) is 10.8. The molecule has 2 rings (SSSR count). The number of pyridine rings is 1. The van der Waals surface area contributed by atoms with E-state index in [2.05, 4.69) is 36.2 Å². The maximum Gasteiger partial charge on any atom is 0.157 e. The fourth-order valence-electron chi connectivity index (χ4n) is 1.55. The Morgan fingerprint density at radius 3 is 2.78 bits per heavy atom. The third-order valence-corrected chi connectivity index (χ3v) is 2.64. The standard InChI is InChI=1S/C13H17ClN4/c1-13(2,3)16-7-10-5-4-6-15-12(10)18-9-11(14)8-17-18/h4-6,8-9,16H,7H2,1-3H3. The number of halogens is 1. The first-order chi connectivity index (χ1) is 8.46. The van der Waals surface area contributed by atoms with Gasteiger partial charge in [-0.15, -0.1) is 0 Å². The molecule has 0 radical (unpaired) electrons. The first-order valence-electron chi connectivity index (χ1n) is 5.85. The minimum Gasteiger partial charge on any atom is -0.308 e. The summed E-state index contributed by atoms with van der Waals surface area (Å²) in [6.07, 6.45) is 5.12. The van der Waals surface area contributed by atoms with Crippen LogP contribution in [0.2, 0.25) is 5.02 Å². The van der Waals surface area contributed by atoms with Crippen LogP contribution in [0.25, 0.3) is 5.82 Å². The summed E-state index contributed by atoms with van der Waals surface area (Å²) < 4.78 is 1.70. The van der Waals surface area contributed by atoms with E-state index in [-0.39, 0.29) is 5.54 Å². The van der Waals surface area contributed by atoms with E-state index in [1.165, 1.54) is 0 Å². The number of rotatable bonds is 3. The van der Waals surface area contributed by atoms with Crippen LogP contribution in [-0.2, 0) is 6.54 Å². The molecule has 0 aliphatic rings. The van der Waals surface area contributed by atoms with Crippen LogP contribution in [-0.4, -0.2) is 20.3 Å². The maximum atomic E-state index is 5.89. The number of aromatic nitrogens is 3. The molecule has 0 aromatic carbocycles. The van der Waals surface area contributed by atoms with Crippen LogP contribution in [0, 0.1) is 0 Å². The van der Waals surface area contributed by atoms with Gasteiger partial charge in [-0.05, 0) is 26.8 Å². The van der Waals surface area contributed by atoms with Gasteiger partial charge in [0, 0.05) is 23.8 Å². The second-order valence-electron chi connectivity index (χ2n) is 5.19. The summed E-state index contributed by atoms with van der Waals surface area (Å²) >= 11 is 5.89. The molecule has 0 bridgehead atoms. The lowest BCUT2D eigenvalue weighted by Gasteiger charge is -2.21. The van der Waals surface area contributed by atoms with E-state index in [4.69, 9.17) is 11.6 Å². The van der Waals surface area contributed by atoms with Crippen LogP contribution in [0.1, 0.15) is 26.3 Å². The Labute approximate surface area is 112 Å². The van der Waals surface area contributed by atoms with Gasteiger partial charge in [-0.25, -0.2) is 9.67 Å². The van der Waals surface area contributed by atoms with Crippen molar-refractivity contribution in [3.05, 3.63) is 41.3 Å². The zero-order chi connectivity index (χ0) is 13.2. The first kappa shape index (κ1) is 13.1. The second kappa shape index (κ2) is 5.08. The third kappa shape index (κ3) is 3.31. The molecule has 0 amide bonds. The first-order valence-corrected chi connectivity index (χ1v) is 6.23. The fourth-order valence-corrected chi connectivity index (χ4v) is 1.69. The van der Waals surface area contributed by atoms with Crippen molar-refractivity contribution < 1.29 is 0 Å². The number of hydrogen-bond donors (Lipinski definition) is 1. The van der Waals surface area contributed by atoms with Gasteiger partial charge in [-0.1, -0.05) is 17.7 Å². The molecule has 2 aromatic rings. The van der Waals surface area contributed by atoms with Crippen LogP contribution in [0.5, 0.6) is 0 Å². The van der Waals surface area contributed by atoms with Crippen LogP contribution >= 0.6 is 11.6 Å². The summed E-state index contributed by atoms with van der Waals surface area (Å²) in [5.74, 6) is 0.807. The maximum absolute atomic E-state index is 5.89. The van der Waals surface area contributed by atoms with E-state index in [9.17, 15) is 0 Å². The highest BCUT2D eigenvalue weighted by Gasteiger charge is 2.12. The number of nitrogens with one attached hydrogen (secondary N) is 1. The van der Waals surface area contributed by atoms with Crippen molar-refractivity contribution in [1.82, 2.24) is 20.1 Å². The molecule has 2 heterocycles. The topological polar surface area (TPSA) is 42.7 Å². The largest absolute Gasteiger partial charge is 0.308 e. The molecule has 0 saturated heterocycles. The van der Waals surface area contributed by atoms with Gasteiger partial charge in [0.25, 0.3) is 0 Å². The molecule has 0 spiro atoms. The summed E-state index contributed by atoms with van der Waals surface area (Å²) in [7, 11) is 0. The molecular weight excluding hydrogens is 248 g/mol. The van der Waals surface area contributed by atoms with E-state index in [1.54, 1.807) is 23.3 Å². The van der Waals surface area contributed by atoms with Gasteiger partial charge >= 0.3 is 0 Å². The molecule has 0 aliphatic carbocycles. The Morgan fingerprint density at radius 1 is 1.39 bits per heavy atom. The molecule has 0 fully saturated rings. The summed E-state index contributed by atoms with van der Waals surface area (Å²) in [4.78, 5) is 4.36. The summed E-state index contributed by atoms with van der Waals surface area (Å²) in [6, 6.07) is 3.96. The lowest BCUT2D eigenvalue weighted by Crippen LogP contribution is -2.35. The van der Waals surface area contributed by atoms with Crippen LogP contribution in [0.15, 0.2) is 30.7 Å². The van der Waals surface area contributed by atoms with Crippen molar-refractivity contribution in [3.63, 3.8) is 0 Å². The molecule has 0 atom stereocenters. The van der Waals surface area contributed by atoms with Gasteiger partial charge in [0.2, 0.25) is 0 Å². The van der Waals surface area contributed by atoms with Gasteiger partial charge in [0.05, 0.1) is 17.4 Å². The van der Waals surface area contributed by atoms with Crippen molar-refractivity contribution >= 4 is 11.6 Å². The Balaban J connectivity index is 2.26. The van der Waals surface area contributed by atoms with Gasteiger partial charge in [-0.2, -0.15) is 5.10 Å². The minimum absolute atomic E-state index is 0.0644. The fraction of sp³-hybridized carbons (Fsp3) is 0.385. The minimum atomic E-state index is 0.0644. The predicted molar refractivity (Wildman–Crippen MR) is 73.0 cm³/mol. The molecule has 5 heteroatoms. The molecule has 18 heavy (non-hydrogen) atoms. The molecule has 2 aromatic heterocycles. The highest BCUT2D eigenvalue weighted by molar-refractivity contribution is 6.30. The summed E-state index contributed by atoms with van der Waals surface area (Å²) in [6.45, 7) is 7.14. The third-order valence-electron chi connectivity index (χ3n) is 2.44. The molecule has 0 aliphatic heterocycles. The summed E-state index contributed by atoms with van der Waals surface area (Å²) in [5.41, 5.74) is 1.15. The van der Waals surface area contributed by atoms with Crippen molar-refractivity contribution in [1.29, 1.82) is 0 Å². The van der Waals surface area contributed by atoms with E-state index >= 15 is 0 Å². The van der Waals surface area contributed by atoms with Gasteiger partial charge in [0.15, 0.2) is 5.82 Å². The monoisotopic (exact) mass is 264 g/mol. The highest BCUT2D eigenvalue weighted by Crippen LogP contribution is 2.14. The highest BCUT2D eigenvalue weighted by atomic mass is 35.5. The lowest BCUT2D eigenvalue weighted by molar-refractivity contribution is 0.423. The molecule has 96 valence electrons. The predicted octanol–water partition coefficient (Wildman–Crippen LogP) is 2.81. The molecule has 1 N–H and O–H groups in total. The van der Waals surface area contributed by atoms with Crippen LogP contribution in [0.3, 0.4) is 0 Å². The SMILES string of the molecule is CC(C)(C)NCc1cccnc1-n1cc(Cl)cn1. The van der Waals surface area contributed by atoms with Crippen molar-refractivity contribution in [2.75, 3.05) is 0 Å². The molecule has 0 unspecified atom stereocenters. The Kier molecular flexibility index (Phi) is 3.68. The Bertz CT molecular complexity index is 528. The van der Waals surface area contributed by atoms with Gasteiger partial charge in [-0.3, -0.25) is 0 Å². The van der Waals surface area contributed by atoms with Crippen LogP contribution < -0.4 is 5.32 Å². The average molecular weight is 265 g/mol. The quantitative estimate of drug-likeness (QED) is 0.927. The lowest BCUT2D eigenvalue weighted by atomic mass is 10.1. The van der Waals surface area contributed by atoms with E-state index in [0.717, 1.165) is 17.9 Å². The smallest absolute Gasteiger partial charge is 0.157 e. The van der Waals surface area contributed by atoms with Gasteiger partial charge < -0.3 is 5.32 Å². The van der Waals surface area contributed by atoms with Crippen molar-refractivity contribution in [3.8, 4) is 5.82 Å². The van der Waals surface area contributed by atoms with Gasteiger partial charge in [0.1, 0.15) is 0 Å². The number of nitrogens with zero attached hydrogens (tertiary/aromatic N) is 3. The zero-order valence-corrected chi connectivity index (χ0v) is 11.6.